The molecule has 0 saturated carbocycles. The van der Waals surface area contributed by atoms with Crippen LogP contribution in [0.1, 0.15) is 74.3 Å². The first-order valence-corrected chi connectivity index (χ1v) is 18.7. The lowest BCUT2D eigenvalue weighted by atomic mass is 9.92. The Morgan fingerprint density at radius 2 is 1.49 bits per heavy atom. The number of ether oxygens (including phenoxy) is 3. The van der Waals surface area contributed by atoms with Gasteiger partial charge in [0.1, 0.15) is 23.9 Å². The zero-order valence-corrected chi connectivity index (χ0v) is 30.4. The Kier molecular flexibility index (Phi) is 11.1. The number of rotatable bonds is 7. The maximum atomic E-state index is 13.8. The van der Waals surface area contributed by atoms with E-state index in [1.54, 1.807) is 41.5 Å². The number of likely N-dealkylation sites (tertiary alicyclic amines) is 2. The molecule has 2 aliphatic heterocycles. The Morgan fingerprint density at radius 1 is 0.936 bits per heavy atom. The lowest BCUT2D eigenvalue weighted by Crippen LogP contribution is -2.51. The van der Waals surface area contributed by atoms with Gasteiger partial charge in [-0.15, -0.1) is 0 Å². The van der Waals surface area contributed by atoms with Gasteiger partial charge < -0.3 is 28.9 Å². The third kappa shape index (κ3) is 9.89. The van der Waals surface area contributed by atoms with Gasteiger partial charge in [-0.1, -0.05) is 20.8 Å². The topological polar surface area (TPSA) is 167 Å². The van der Waals surface area contributed by atoms with E-state index in [1.165, 1.54) is 29.2 Å². The smallest absolute Gasteiger partial charge is 0.417 e. The maximum Gasteiger partial charge on any atom is 0.417 e. The fourth-order valence-corrected chi connectivity index (χ4v) is 6.58. The van der Waals surface area contributed by atoms with Crippen molar-refractivity contribution in [3.8, 4) is 0 Å². The number of benzene rings is 1. The zero-order chi connectivity index (χ0) is 35.7. The number of nitrogens with one attached hydrogen (secondary N) is 1. The lowest BCUT2D eigenvalue weighted by Gasteiger charge is -2.38. The molecule has 47 heavy (non-hydrogen) atoms. The molecule has 1 aromatic carbocycles. The average Bonchev–Trinajstić information content (AvgIpc) is 3.45. The van der Waals surface area contributed by atoms with Gasteiger partial charge >= 0.3 is 18.3 Å². The normalized spacial score (nSPS) is 22.2. The summed E-state index contributed by atoms with van der Waals surface area (Å²) in [5.74, 6) is -1.45. The number of nitro groups is 1. The van der Waals surface area contributed by atoms with Crippen LogP contribution in [0.4, 0.5) is 20.1 Å². The number of nitro benzene ring substituents is 1. The summed E-state index contributed by atoms with van der Waals surface area (Å²) < 4.78 is 23.3. The lowest BCUT2D eigenvalue weighted by molar-refractivity contribution is -0.384. The van der Waals surface area contributed by atoms with Crippen molar-refractivity contribution < 1.29 is 42.7 Å². The molecule has 262 valence electrons. The Labute approximate surface area is 277 Å². The molecule has 4 amide bonds. The molecular formula is C32H50N4O10Si. The highest BCUT2D eigenvalue weighted by atomic mass is 28.4. The minimum absolute atomic E-state index is 0.101. The first-order valence-electron chi connectivity index (χ1n) is 15.8. The van der Waals surface area contributed by atoms with E-state index in [0.717, 1.165) is 4.90 Å². The van der Waals surface area contributed by atoms with Crippen molar-refractivity contribution in [1.29, 1.82) is 0 Å². The van der Waals surface area contributed by atoms with Gasteiger partial charge in [0.25, 0.3) is 11.6 Å². The highest BCUT2D eigenvalue weighted by Crippen LogP contribution is 2.41. The summed E-state index contributed by atoms with van der Waals surface area (Å²) in [6.45, 7) is 20.8. The van der Waals surface area contributed by atoms with Gasteiger partial charge in [0, 0.05) is 37.2 Å². The van der Waals surface area contributed by atoms with Crippen molar-refractivity contribution in [3.05, 3.63) is 39.9 Å². The predicted octanol–water partition coefficient (Wildman–Crippen LogP) is 5.98. The van der Waals surface area contributed by atoms with Crippen LogP contribution in [0.15, 0.2) is 24.3 Å². The quantitative estimate of drug-likeness (QED) is 0.157. The van der Waals surface area contributed by atoms with Crippen LogP contribution >= 0.6 is 0 Å². The molecule has 2 fully saturated rings. The molecule has 4 atom stereocenters. The Hall–Kier alpha value is -3.72. The van der Waals surface area contributed by atoms with Crippen LogP contribution in [-0.2, 0) is 30.0 Å². The summed E-state index contributed by atoms with van der Waals surface area (Å²) in [7, 11) is -2.28. The van der Waals surface area contributed by atoms with Crippen molar-refractivity contribution in [3.63, 3.8) is 0 Å². The summed E-state index contributed by atoms with van der Waals surface area (Å²) in [4.78, 5) is 66.5. The number of alkyl carbamates (subject to hydrolysis) is 1. The largest absolute Gasteiger partial charge is 0.445 e. The summed E-state index contributed by atoms with van der Waals surface area (Å²) in [6.07, 6.45) is -2.41. The number of amides is 4. The third-order valence-electron chi connectivity index (χ3n) is 8.45. The van der Waals surface area contributed by atoms with Crippen LogP contribution in [0.5, 0.6) is 0 Å². The average molecular weight is 679 g/mol. The van der Waals surface area contributed by atoms with Gasteiger partial charge in [0.2, 0.25) is 0 Å². The molecule has 1 aromatic rings. The Morgan fingerprint density at radius 3 is 2.00 bits per heavy atom. The van der Waals surface area contributed by atoms with Crippen LogP contribution < -0.4 is 5.32 Å². The third-order valence-corrected chi connectivity index (χ3v) is 13.0. The zero-order valence-electron chi connectivity index (χ0n) is 29.4. The SMILES string of the molecule is CC(C)(C)OC(=O)N1CC([C@@H]2C[C@@H](O[Si](C)(C)C(C)(C)C)CN2C(=O)OC(C)(C)C)C(NC(=O)OCc2ccc([N+](=O)[O-])cc2)C1=O. The molecule has 2 saturated heterocycles. The van der Waals surface area contributed by atoms with Gasteiger partial charge in [0.05, 0.1) is 11.0 Å². The van der Waals surface area contributed by atoms with Crippen LogP contribution in [-0.4, -0.2) is 89.7 Å². The highest BCUT2D eigenvalue weighted by molar-refractivity contribution is 6.74. The van der Waals surface area contributed by atoms with Crippen molar-refractivity contribution in [2.45, 2.75) is 123 Å². The number of non-ortho nitro benzene ring substituents is 1. The van der Waals surface area contributed by atoms with Crippen molar-refractivity contribution in [2.24, 2.45) is 5.92 Å². The van der Waals surface area contributed by atoms with Gasteiger partial charge in [-0.05, 0) is 83.8 Å². The highest BCUT2D eigenvalue weighted by Gasteiger charge is 2.54. The van der Waals surface area contributed by atoms with Crippen molar-refractivity contribution in [2.75, 3.05) is 13.1 Å². The Balaban J connectivity index is 1.92. The molecule has 0 aliphatic carbocycles. The number of hydrogen-bond acceptors (Lipinski definition) is 10. The second-order valence-electron chi connectivity index (χ2n) is 15.7. The van der Waals surface area contributed by atoms with Crippen LogP contribution in [0.3, 0.4) is 0 Å². The summed E-state index contributed by atoms with van der Waals surface area (Å²) in [5.41, 5.74) is -1.30. The maximum absolute atomic E-state index is 13.8. The molecule has 3 rings (SSSR count). The fraction of sp³-hybridized carbons (Fsp3) is 0.688. The molecule has 0 aromatic heterocycles. The summed E-state index contributed by atoms with van der Waals surface area (Å²) in [6, 6.07) is 3.61. The van der Waals surface area contributed by atoms with Crippen molar-refractivity contribution >= 4 is 38.2 Å². The first-order chi connectivity index (χ1) is 21.4. The number of carbonyl (C=O) groups is 4. The molecule has 2 unspecified atom stereocenters. The molecule has 0 bridgehead atoms. The van der Waals surface area contributed by atoms with Crippen LogP contribution in [0, 0.1) is 16.0 Å². The molecule has 14 nitrogen and oxygen atoms in total. The minimum atomic E-state index is -2.28. The van der Waals surface area contributed by atoms with E-state index in [9.17, 15) is 29.3 Å². The Bertz CT molecular complexity index is 1350. The van der Waals surface area contributed by atoms with Gasteiger partial charge in [-0.3, -0.25) is 14.9 Å². The monoisotopic (exact) mass is 678 g/mol. The van der Waals surface area contributed by atoms with E-state index in [1.807, 2.05) is 0 Å². The fourth-order valence-electron chi connectivity index (χ4n) is 5.22. The minimum Gasteiger partial charge on any atom is -0.445 e. The molecule has 2 aliphatic rings. The van der Waals surface area contributed by atoms with Gasteiger partial charge in [0.15, 0.2) is 8.32 Å². The molecule has 2 heterocycles. The number of carbonyl (C=O) groups excluding carboxylic acids is 4. The number of imide groups is 1. The van der Waals surface area contributed by atoms with E-state index in [0.29, 0.717) is 12.0 Å². The van der Waals surface area contributed by atoms with Crippen LogP contribution in [0.2, 0.25) is 18.1 Å². The van der Waals surface area contributed by atoms with Crippen LogP contribution in [0.25, 0.3) is 0 Å². The van der Waals surface area contributed by atoms with E-state index >= 15 is 0 Å². The molecular weight excluding hydrogens is 628 g/mol. The number of hydrogen-bond donors (Lipinski definition) is 1. The standard InChI is InChI=1S/C32H50N4O10Si/c1-30(2,3)44-28(39)34-17-22(46-47(10,11)32(7,8)9)16-24(34)23-18-35(29(40)45-31(4,5)6)26(37)25(23)33-27(38)43-19-20-12-14-21(15-13-20)36(41)42/h12-15,22-25H,16-19H2,1-11H3,(H,33,38)/t22-,23?,24+,25?/m1/s1. The van der Waals surface area contributed by atoms with E-state index < -0.39 is 66.6 Å². The first kappa shape index (κ1) is 37.7. The number of nitrogens with zero attached hydrogens (tertiary/aromatic N) is 3. The molecule has 0 spiro atoms. The van der Waals surface area contributed by atoms with Gasteiger partial charge in [-0.2, -0.15) is 0 Å². The van der Waals surface area contributed by atoms with E-state index in [2.05, 4.69) is 39.2 Å². The molecule has 1 N–H and O–H groups in total. The second-order valence-corrected chi connectivity index (χ2v) is 20.4. The van der Waals surface area contributed by atoms with E-state index in [-0.39, 0.29) is 36.5 Å². The predicted molar refractivity (Wildman–Crippen MR) is 175 cm³/mol. The van der Waals surface area contributed by atoms with E-state index in [4.69, 9.17) is 18.6 Å². The summed E-state index contributed by atoms with van der Waals surface area (Å²) >= 11 is 0. The van der Waals surface area contributed by atoms with Gasteiger partial charge in [-0.25, -0.2) is 19.3 Å². The summed E-state index contributed by atoms with van der Waals surface area (Å²) in [5, 5.41) is 13.5. The molecule has 15 heteroatoms. The second kappa shape index (κ2) is 13.8. The molecule has 0 radical (unpaired) electrons. The van der Waals surface area contributed by atoms with Crippen molar-refractivity contribution in [1.82, 2.24) is 15.1 Å².